The molecule has 0 spiro atoms. The van der Waals surface area contributed by atoms with Gasteiger partial charge in [0.2, 0.25) is 0 Å². The van der Waals surface area contributed by atoms with Crippen LogP contribution in [0.15, 0.2) is 72.2 Å². The van der Waals surface area contributed by atoms with Crippen LogP contribution in [0.3, 0.4) is 0 Å². The lowest BCUT2D eigenvalue weighted by Gasteiger charge is -2.17. The van der Waals surface area contributed by atoms with Crippen molar-refractivity contribution in [3.05, 3.63) is 88.8 Å². The van der Waals surface area contributed by atoms with Crippen LogP contribution in [-0.2, 0) is 17.8 Å². The zero-order valence-electron chi connectivity index (χ0n) is 19.4. The largest absolute Gasteiger partial charge is 0.490 e. The third-order valence-electron chi connectivity index (χ3n) is 5.56. The molecule has 1 saturated heterocycles. The Kier molecular flexibility index (Phi) is 7.70. The van der Waals surface area contributed by atoms with Gasteiger partial charge in [-0.1, -0.05) is 72.5 Å². The third-order valence-corrected chi connectivity index (χ3v) is 6.94. The van der Waals surface area contributed by atoms with Crippen molar-refractivity contribution in [2.75, 3.05) is 13.2 Å². The number of amides is 1. The van der Waals surface area contributed by atoms with Gasteiger partial charge in [-0.25, -0.2) is 0 Å². The SMILES string of the molecule is C=CCc1cc(C=C2SC(=S)N(CC)C2=O)cc(OCC)c1OCc1cccc2ccccc12. The van der Waals surface area contributed by atoms with Crippen molar-refractivity contribution >= 4 is 51.1 Å². The minimum absolute atomic E-state index is 0.0583. The van der Waals surface area contributed by atoms with E-state index in [4.69, 9.17) is 21.7 Å². The Hall–Kier alpha value is -3.09. The Morgan fingerprint density at radius 2 is 1.85 bits per heavy atom. The molecule has 4 rings (SSSR count). The summed E-state index contributed by atoms with van der Waals surface area (Å²) >= 11 is 6.68. The molecule has 174 valence electrons. The van der Waals surface area contributed by atoms with E-state index in [9.17, 15) is 4.79 Å². The predicted molar refractivity (Wildman–Crippen MR) is 145 cm³/mol. The van der Waals surface area contributed by atoms with Gasteiger partial charge in [0, 0.05) is 12.1 Å². The maximum absolute atomic E-state index is 12.7. The van der Waals surface area contributed by atoms with E-state index in [1.54, 1.807) is 4.90 Å². The van der Waals surface area contributed by atoms with Gasteiger partial charge < -0.3 is 9.47 Å². The molecule has 0 saturated carbocycles. The van der Waals surface area contributed by atoms with Crippen LogP contribution < -0.4 is 9.47 Å². The van der Waals surface area contributed by atoms with Crippen LogP contribution in [0.2, 0.25) is 0 Å². The highest BCUT2D eigenvalue weighted by Gasteiger charge is 2.30. The quantitative estimate of drug-likeness (QED) is 0.188. The van der Waals surface area contributed by atoms with Gasteiger partial charge >= 0.3 is 0 Å². The number of ether oxygens (including phenoxy) is 2. The van der Waals surface area contributed by atoms with Gasteiger partial charge in [0.25, 0.3) is 5.91 Å². The lowest BCUT2D eigenvalue weighted by atomic mass is 10.0. The van der Waals surface area contributed by atoms with Crippen LogP contribution in [0.1, 0.15) is 30.5 Å². The van der Waals surface area contributed by atoms with Gasteiger partial charge in [-0.05, 0) is 60.4 Å². The fourth-order valence-corrected chi connectivity index (χ4v) is 5.38. The number of fused-ring (bicyclic) bond motifs is 1. The number of likely N-dealkylation sites (N-methyl/N-ethyl adjacent to an activating group) is 1. The van der Waals surface area contributed by atoms with E-state index in [1.807, 2.05) is 56.3 Å². The van der Waals surface area contributed by atoms with Crippen LogP contribution in [-0.4, -0.2) is 28.3 Å². The molecule has 1 aliphatic heterocycles. The highest BCUT2D eigenvalue weighted by molar-refractivity contribution is 8.26. The number of hydrogen-bond acceptors (Lipinski definition) is 5. The summed E-state index contributed by atoms with van der Waals surface area (Å²) in [6, 6.07) is 18.5. The lowest BCUT2D eigenvalue weighted by Crippen LogP contribution is -2.27. The third kappa shape index (κ3) is 5.03. The number of thiocarbonyl (C=S) groups is 1. The molecule has 0 N–H and O–H groups in total. The van der Waals surface area contributed by atoms with Crippen molar-refractivity contribution in [3.63, 3.8) is 0 Å². The number of carbonyl (C=O) groups excluding carboxylic acids is 1. The number of benzene rings is 3. The van der Waals surface area contributed by atoms with E-state index in [0.717, 1.165) is 16.7 Å². The number of hydrogen-bond donors (Lipinski definition) is 0. The summed E-state index contributed by atoms with van der Waals surface area (Å²) in [6.45, 7) is 9.26. The van der Waals surface area contributed by atoms with Gasteiger partial charge in [-0.15, -0.1) is 6.58 Å². The fourth-order valence-electron chi connectivity index (χ4n) is 3.99. The number of rotatable bonds is 9. The first kappa shape index (κ1) is 24.0. The second-order valence-corrected chi connectivity index (χ2v) is 9.46. The number of nitrogens with zero attached hydrogens (tertiary/aromatic N) is 1. The van der Waals surface area contributed by atoms with E-state index in [-0.39, 0.29) is 5.91 Å². The average Bonchev–Trinajstić information content (AvgIpc) is 3.10. The molecule has 0 aromatic heterocycles. The molecule has 34 heavy (non-hydrogen) atoms. The Balaban J connectivity index is 1.69. The van der Waals surface area contributed by atoms with E-state index in [0.29, 0.717) is 46.9 Å². The molecule has 0 unspecified atom stereocenters. The van der Waals surface area contributed by atoms with E-state index >= 15 is 0 Å². The van der Waals surface area contributed by atoms with E-state index in [2.05, 4.69) is 30.8 Å². The summed E-state index contributed by atoms with van der Waals surface area (Å²) in [5, 5.41) is 2.35. The molecule has 6 heteroatoms. The summed E-state index contributed by atoms with van der Waals surface area (Å²) < 4.78 is 12.9. The van der Waals surface area contributed by atoms with Crippen LogP contribution >= 0.6 is 24.0 Å². The predicted octanol–water partition coefficient (Wildman–Crippen LogP) is 6.77. The van der Waals surface area contributed by atoms with Crippen molar-refractivity contribution in [2.24, 2.45) is 0 Å². The minimum Gasteiger partial charge on any atom is -0.490 e. The first-order valence-electron chi connectivity index (χ1n) is 11.3. The monoisotopic (exact) mass is 489 g/mol. The van der Waals surface area contributed by atoms with Crippen LogP contribution in [0, 0.1) is 0 Å². The topological polar surface area (TPSA) is 38.8 Å². The van der Waals surface area contributed by atoms with Gasteiger partial charge in [-0.2, -0.15) is 0 Å². The second-order valence-electron chi connectivity index (χ2n) is 7.79. The van der Waals surface area contributed by atoms with Crippen molar-refractivity contribution in [1.82, 2.24) is 4.90 Å². The highest BCUT2D eigenvalue weighted by Crippen LogP contribution is 2.38. The van der Waals surface area contributed by atoms with Crippen molar-refractivity contribution < 1.29 is 14.3 Å². The number of allylic oxidation sites excluding steroid dienone is 1. The second kappa shape index (κ2) is 10.9. The molecule has 1 amide bonds. The van der Waals surface area contributed by atoms with Gasteiger partial charge in [0.1, 0.15) is 10.9 Å². The zero-order valence-corrected chi connectivity index (χ0v) is 21.0. The summed E-state index contributed by atoms with van der Waals surface area (Å²) in [6.07, 6.45) is 4.33. The molecular weight excluding hydrogens is 462 g/mol. The molecule has 3 aromatic rings. The van der Waals surface area contributed by atoms with Crippen LogP contribution in [0.4, 0.5) is 0 Å². The highest BCUT2D eigenvalue weighted by atomic mass is 32.2. The van der Waals surface area contributed by atoms with Gasteiger partial charge in [0.05, 0.1) is 11.5 Å². The maximum atomic E-state index is 12.7. The smallest absolute Gasteiger partial charge is 0.266 e. The summed E-state index contributed by atoms with van der Waals surface area (Å²) in [5.41, 5.74) is 2.94. The van der Waals surface area contributed by atoms with Crippen LogP contribution in [0.5, 0.6) is 11.5 Å². The molecule has 0 bridgehead atoms. The average molecular weight is 490 g/mol. The van der Waals surface area contributed by atoms with E-state index < -0.39 is 0 Å². The van der Waals surface area contributed by atoms with Gasteiger partial charge in [0.15, 0.2) is 11.5 Å². The first-order valence-corrected chi connectivity index (χ1v) is 12.5. The summed E-state index contributed by atoms with van der Waals surface area (Å²) in [5.74, 6) is 1.30. The van der Waals surface area contributed by atoms with Crippen molar-refractivity contribution in [2.45, 2.75) is 26.9 Å². The van der Waals surface area contributed by atoms with Crippen molar-refractivity contribution in [1.29, 1.82) is 0 Å². The zero-order chi connectivity index (χ0) is 24.1. The lowest BCUT2D eigenvalue weighted by molar-refractivity contribution is -0.121. The molecule has 0 aliphatic carbocycles. The molecule has 4 nitrogen and oxygen atoms in total. The van der Waals surface area contributed by atoms with Crippen LogP contribution in [0.25, 0.3) is 16.8 Å². The van der Waals surface area contributed by atoms with Crippen molar-refractivity contribution in [3.8, 4) is 11.5 Å². The maximum Gasteiger partial charge on any atom is 0.266 e. The molecule has 3 aromatic carbocycles. The van der Waals surface area contributed by atoms with Gasteiger partial charge in [-0.3, -0.25) is 9.69 Å². The Morgan fingerprint density at radius 1 is 1.06 bits per heavy atom. The fraction of sp³-hybridized carbons (Fsp3) is 0.214. The molecule has 0 atom stereocenters. The first-order chi connectivity index (χ1) is 16.5. The normalized spacial score (nSPS) is 14.8. The molecule has 1 fully saturated rings. The van der Waals surface area contributed by atoms with E-state index in [1.165, 1.54) is 22.5 Å². The Morgan fingerprint density at radius 3 is 2.59 bits per heavy atom. The number of thioether (sulfide) groups is 1. The number of carbonyl (C=O) groups is 1. The Bertz CT molecular complexity index is 1280. The summed E-state index contributed by atoms with van der Waals surface area (Å²) in [4.78, 5) is 14.9. The minimum atomic E-state index is -0.0583. The summed E-state index contributed by atoms with van der Waals surface area (Å²) in [7, 11) is 0. The molecular formula is C28H27NO3S2. The molecule has 1 aliphatic rings. The molecule has 1 heterocycles. The standard InChI is InChI=1S/C28H27NO3S2/c1-4-10-21-15-19(17-25-27(30)29(5-2)28(33)34-25)16-24(31-6-3)26(21)32-18-22-13-9-12-20-11-7-8-14-23(20)22/h4,7-9,11-17H,1,5-6,10,18H2,2-3H3. The Labute approximate surface area is 210 Å². The molecule has 0 radical (unpaired) electrons.